The summed E-state index contributed by atoms with van der Waals surface area (Å²) in [4.78, 5) is 12.5. The highest BCUT2D eigenvalue weighted by molar-refractivity contribution is 8.17. The number of ketones is 1. The third-order valence-corrected chi connectivity index (χ3v) is 4.73. The number of rotatable bonds is 4. The zero-order chi connectivity index (χ0) is 8.97. The second-order valence-corrected chi connectivity index (χ2v) is 5.28. The standard InChI is InChI=1S/C8H10OS3/c1-10-8(11-2)7(9)6-4-3-5-12-6/h3-5,8H,1-2H3. The summed E-state index contributed by atoms with van der Waals surface area (Å²) in [7, 11) is 0. The molecule has 1 nitrogen and oxygen atoms in total. The number of thioether (sulfide) groups is 2. The second kappa shape index (κ2) is 4.94. The van der Waals surface area contributed by atoms with Crippen LogP contribution in [0.1, 0.15) is 9.67 Å². The quantitative estimate of drug-likeness (QED) is 0.571. The summed E-state index contributed by atoms with van der Waals surface area (Å²) in [6.07, 6.45) is 3.93. The Hall–Kier alpha value is 0.0700. The van der Waals surface area contributed by atoms with Gasteiger partial charge in [0.05, 0.1) is 4.88 Å². The van der Waals surface area contributed by atoms with Gasteiger partial charge >= 0.3 is 0 Å². The van der Waals surface area contributed by atoms with E-state index in [1.165, 1.54) is 11.3 Å². The Morgan fingerprint density at radius 2 is 2.17 bits per heavy atom. The second-order valence-electron chi connectivity index (χ2n) is 2.14. The number of Topliss-reactive ketones (excluding diaryl/α,β-unsaturated/α-hetero) is 1. The van der Waals surface area contributed by atoms with Gasteiger partial charge in [-0.05, 0) is 24.0 Å². The number of carbonyl (C=O) groups is 1. The summed E-state index contributed by atoms with van der Waals surface area (Å²) in [6, 6.07) is 3.79. The fourth-order valence-electron chi connectivity index (χ4n) is 0.845. The Balaban J connectivity index is 2.70. The van der Waals surface area contributed by atoms with Crippen molar-refractivity contribution < 1.29 is 4.79 Å². The number of hydrogen-bond acceptors (Lipinski definition) is 4. The lowest BCUT2D eigenvalue weighted by atomic mass is 10.3. The van der Waals surface area contributed by atoms with E-state index in [0.29, 0.717) is 0 Å². The topological polar surface area (TPSA) is 17.1 Å². The van der Waals surface area contributed by atoms with Gasteiger partial charge in [-0.15, -0.1) is 34.9 Å². The van der Waals surface area contributed by atoms with Crippen LogP contribution < -0.4 is 0 Å². The van der Waals surface area contributed by atoms with E-state index >= 15 is 0 Å². The molecule has 1 heterocycles. The first-order chi connectivity index (χ1) is 5.79. The minimum atomic E-state index is 0.0589. The van der Waals surface area contributed by atoms with Crippen LogP contribution in [0.15, 0.2) is 17.5 Å². The lowest BCUT2D eigenvalue weighted by Gasteiger charge is -2.07. The molecule has 0 radical (unpaired) electrons. The molecule has 0 amide bonds. The average molecular weight is 218 g/mol. The van der Waals surface area contributed by atoms with Crippen molar-refractivity contribution in [2.24, 2.45) is 0 Å². The Bertz CT molecular complexity index is 239. The Kier molecular flexibility index (Phi) is 4.18. The maximum atomic E-state index is 11.6. The number of thiophene rings is 1. The van der Waals surface area contributed by atoms with E-state index in [1.54, 1.807) is 23.5 Å². The first kappa shape index (κ1) is 10.2. The lowest BCUT2D eigenvalue weighted by Crippen LogP contribution is -2.10. The van der Waals surface area contributed by atoms with Crippen LogP contribution in [0, 0.1) is 0 Å². The largest absolute Gasteiger partial charge is 0.291 e. The molecule has 0 spiro atoms. The maximum Gasteiger partial charge on any atom is 0.195 e. The smallest absolute Gasteiger partial charge is 0.195 e. The van der Waals surface area contributed by atoms with Gasteiger partial charge in [0.25, 0.3) is 0 Å². The summed E-state index contributed by atoms with van der Waals surface area (Å²) in [5.74, 6) is 0.241. The maximum absolute atomic E-state index is 11.6. The Morgan fingerprint density at radius 1 is 1.50 bits per heavy atom. The highest BCUT2D eigenvalue weighted by Gasteiger charge is 2.17. The molecule has 0 bridgehead atoms. The molecule has 0 aromatic carbocycles. The van der Waals surface area contributed by atoms with Crippen molar-refractivity contribution in [3.05, 3.63) is 22.4 Å². The summed E-state index contributed by atoms with van der Waals surface area (Å²) >= 11 is 4.71. The molecule has 0 aliphatic heterocycles. The van der Waals surface area contributed by atoms with Crippen LogP contribution in [0.25, 0.3) is 0 Å². The third kappa shape index (κ3) is 2.28. The molecule has 0 N–H and O–H groups in total. The summed E-state index contributed by atoms with van der Waals surface area (Å²) < 4.78 is 0.0589. The van der Waals surface area contributed by atoms with Crippen molar-refractivity contribution in [1.82, 2.24) is 0 Å². The van der Waals surface area contributed by atoms with Crippen LogP contribution in [-0.4, -0.2) is 22.9 Å². The van der Waals surface area contributed by atoms with Crippen molar-refractivity contribution in [2.45, 2.75) is 4.58 Å². The molecule has 0 fully saturated rings. The molecule has 0 unspecified atom stereocenters. The normalized spacial score (nSPS) is 10.6. The highest BCUT2D eigenvalue weighted by atomic mass is 32.2. The van der Waals surface area contributed by atoms with Gasteiger partial charge in [-0.2, -0.15) is 0 Å². The minimum Gasteiger partial charge on any atom is -0.291 e. The van der Waals surface area contributed by atoms with Gasteiger partial charge in [0, 0.05) is 0 Å². The number of hydrogen-bond donors (Lipinski definition) is 0. The molecule has 0 saturated heterocycles. The Labute approximate surface area is 84.9 Å². The zero-order valence-electron chi connectivity index (χ0n) is 6.94. The van der Waals surface area contributed by atoms with E-state index in [0.717, 1.165) is 4.88 Å². The summed E-state index contributed by atoms with van der Waals surface area (Å²) in [5, 5.41) is 1.94. The number of carbonyl (C=O) groups excluding carboxylic acids is 1. The van der Waals surface area contributed by atoms with Crippen LogP contribution in [-0.2, 0) is 0 Å². The van der Waals surface area contributed by atoms with E-state index in [1.807, 2.05) is 30.0 Å². The van der Waals surface area contributed by atoms with Crippen molar-refractivity contribution in [1.29, 1.82) is 0 Å². The van der Waals surface area contributed by atoms with E-state index in [4.69, 9.17) is 0 Å². The van der Waals surface area contributed by atoms with E-state index in [9.17, 15) is 4.79 Å². The van der Waals surface area contributed by atoms with Gasteiger partial charge in [0.2, 0.25) is 0 Å². The van der Waals surface area contributed by atoms with Crippen molar-refractivity contribution in [2.75, 3.05) is 12.5 Å². The summed E-state index contributed by atoms with van der Waals surface area (Å²) in [6.45, 7) is 0. The molecule has 0 atom stereocenters. The predicted octanol–water partition coefficient (Wildman–Crippen LogP) is 2.98. The first-order valence-electron chi connectivity index (χ1n) is 3.43. The fraction of sp³-hybridized carbons (Fsp3) is 0.375. The van der Waals surface area contributed by atoms with E-state index in [-0.39, 0.29) is 10.4 Å². The van der Waals surface area contributed by atoms with Crippen LogP contribution in [0.4, 0.5) is 0 Å². The molecular formula is C8H10OS3. The molecule has 0 aliphatic carbocycles. The molecular weight excluding hydrogens is 208 g/mol. The van der Waals surface area contributed by atoms with Gasteiger partial charge in [-0.25, -0.2) is 0 Å². The van der Waals surface area contributed by atoms with Gasteiger partial charge in [0.1, 0.15) is 4.58 Å². The highest BCUT2D eigenvalue weighted by Crippen LogP contribution is 2.24. The molecule has 1 aromatic rings. The molecule has 1 rings (SSSR count). The monoisotopic (exact) mass is 218 g/mol. The van der Waals surface area contributed by atoms with Crippen molar-refractivity contribution >= 4 is 40.6 Å². The fourth-order valence-corrected chi connectivity index (χ4v) is 3.14. The zero-order valence-corrected chi connectivity index (χ0v) is 9.39. The van der Waals surface area contributed by atoms with Crippen molar-refractivity contribution in [3.63, 3.8) is 0 Å². The SMILES string of the molecule is CSC(SC)C(=O)c1cccs1. The van der Waals surface area contributed by atoms with Crippen LogP contribution in [0.5, 0.6) is 0 Å². The van der Waals surface area contributed by atoms with Gasteiger partial charge in [-0.3, -0.25) is 4.79 Å². The molecule has 4 heteroatoms. The van der Waals surface area contributed by atoms with E-state index in [2.05, 4.69) is 0 Å². The third-order valence-electron chi connectivity index (χ3n) is 1.41. The lowest BCUT2D eigenvalue weighted by molar-refractivity contribution is 0.101. The van der Waals surface area contributed by atoms with Crippen molar-refractivity contribution in [3.8, 4) is 0 Å². The van der Waals surface area contributed by atoms with Gasteiger partial charge in [-0.1, -0.05) is 6.07 Å². The van der Waals surface area contributed by atoms with E-state index < -0.39 is 0 Å². The molecule has 0 aliphatic rings. The summed E-state index contributed by atoms with van der Waals surface area (Å²) in [5.41, 5.74) is 0. The minimum absolute atomic E-state index is 0.0589. The molecule has 12 heavy (non-hydrogen) atoms. The van der Waals surface area contributed by atoms with Crippen LogP contribution in [0.3, 0.4) is 0 Å². The molecule has 0 saturated carbocycles. The molecule has 1 aromatic heterocycles. The van der Waals surface area contributed by atoms with Gasteiger partial charge in [0.15, 0.2) is 5.78 Å². The van der Waals surface area contributed by atoms with Gasteiger partial charge < -0.3 is 0 Å². The van der Waals surface area contributed by atoms with Crippen LogP contribution >= 0.6 is 34.9 Å². The average Bonchev–Trinajstić information content (AvgIpc) is 2.58. The molecule has 66 valence electrons. The first-order valence-corrected chi connectivity index (χ1v) is 6.88. The predicted molar refractivity (Wildman–Crippen MR) is 59.5 cm³/mol. The Morgan fingerprint density at radius 3 is 2.58 bits per heavy atom. The van der Waals surface area contributed by atoms with Crippen LogP contribution in [0.2, 0.25) is 0 Å².